The normalized spacial score (nSPS) is 11.9. The number of hydrogen-bond donors (Lipinski definition) is 2. The maximum Gasteiger partial charge on any atom is 0.230 e. The molecule has 0 bridgehead atoms. The fourth-order valence-electron chi connectivity index (χ4n) is 2.73. The zero-order valence-electron chi connectivity index (χ0n) is 13.1. The maximum absolute atomic E-state index is 12.9. The van der Waals surface area contributed by atoms with E-state index in [0.717, 1.165) is 25.7 Å². The summed E-state index contributed by atoms with van der Waals surface area (Å²) in [5.41, 5.74) is 5.54. The first-order chi connectivity index (χ1) is 8.98. The van der Waals surface area contributed by atoms with Crippen molar-refractivity contribution >= 4 is 5.91 Å². The van der Waals surface area contributed by atoms with Crippen molar-refractivity contribution in [3.63, 3.8) is 0 Å². The van der Waals surface area contributed by atoms with Crippen LogP contribution in [0.4, 0.5) is 0 Å². The van der Waals surface area contributed by atoms with Crippen molar-refractivity contribution in [3.05, 3.63) is 0 Å². The highest BCUT2D eigenvalue weighted by Crippen LogP contribution is 2.32. The molecule has 19 heavy (non-hydrogen) atoms. The number of carbonyl (C=O) groups is 1. The lowest BCUT2D eigenvalue weighted by Gasteiger charge is -2.38. The fourth-order valence-corrected chi connectivity index (χ4v) is 2.73. The van der Waals surface area contributed by atoms with Crippen molar-refractivity contribution in [2.45, 2.75) is 65.8 Å². The second-order valence-corrected chi connectivity index (χ2v) is 5.65. The van der Waals surface area contributed by atoms with Gasteiger partial charge >= 0.3 is 0 Å². The molecule has 0 radical (unpaired) electrons. The van der Waals surface area contributed by atoms with E-state index in [0.29, 0.717) is 19.5 Å². The SMILES string of the molecule is CCCC(CN)(CCC)C(=O)N(CCCO)C(C)C. The molecule has 4 heteroatoms. The van der Waals surface area contributed by atoms with Crippen LogP contribution in [0, 0.1) is 5.41 Å². The monoisotopic (exact) mass is 272 g/mol. The minimum Gasteiger partial charge on any atom is -0.396 e. The van der Waals surface area contributed by atoms with Gasteiger partial charge in [0, 0.05) is 25.7 Å². The molecule has 0 aromatic rings. The molecule has 0 spiro atoms. The summed E-state index contributed by atoms with van der Waals surface area (Å²) in [4.78, 5) is 14.8. The smallest absolute Gasteiger partial charge is 0.230 e. The summed E-state index contributed by atoms with van der Waals surface area (Å²) in [5.74, 6) is 0.169. The molecular weight excluding hydrogens is 240 g/mol. The van der Waals surface area contributed by atoms with Crippen LogP contribution in [0.1, 0.15) is 59.8 Å². The molecule has 0 aliphatic heterocycles. The molecular formula is C15H32N2O2. The Balaban J connectivity index is 5.09. The van der Waals surface area contributed by atoms with E-state index in [2.05, 4.69) is 13.8 Å². The van der Waals surface area contributed by atoms with Crippen molar-refractivity contribution in [3.8, 4) is 0 Å². The van der Waals surface area contributed by atoms with E-state index in [1.165, 1.54) is 0 Å². The standard InChI is InChI=1S/C15H32N2O2/c1-5-8-15(12-16,9-6-2)14(19)17(13(3)4)10-7-11-18/h13,18H,5-12,16H2,1-4H3. The van der Waals surface area contributed by atoms with Gasteiger partial charge in [-0.2, -0.15) is 0 Å². The lowest BCUT2D eigenvalue weighted by molar-refractivity contribution is -0.144. The second-order valence-electron chi connectivity index (χ2n) is 5.65. The van der Waals surface area contributed by atoms with Crippen LogP contribution in [-0.4, -0.2) is 41.7 Å². The minimum atomic E-state index is -0.413. The average Bonchev–Trinajstić information content (AvgIpc) is 2.38. The lowest BCUT2D eigenvalue weighted by atomic mass is 9.77. The zero-order chi connectivity index (χ0) is 14.9. The van der Waals surface area contributed by atoms with E-state index < -0.39 is 5.41 Å². The Labute approximate surface area is 118 Å². The third-order valence-corrected chi connectivity index (χ3v) is 3.74. The molecule has 4 nitrogen and oxygen atoms in total. The first kappa shape index (κ1) is 18.4. The van der Waals surface area contributed by atoms with E-state index in [1.54, 1.807) is 0 Å². The van der Waals surface area contributed by atoms with Crippen LogP contribution in [0.25, 0.3) is 0 Å². The van der Waals surface area contributed by atoms with Gasteiger partial charge in [0.15, 0.2) is 0 Å². The summed E-state index contributed by atoms with van der Waals surface area (Å²) < 4.78 is 0. The number of aliphatic hydroxyl groups is 1. The molecule has 0 aliphatic rings. The van der Waals surface area contributed by atoms with E-state index in [-0.39, 0.29) is 18.6 Å². The Kier molecular flexibility index (Phi) is 9.02. The summed E-state index contributed by atoms with van der Waals surface area (Å²) in [5, 5.41) is 8.98. The van der Waals surface area contributed by atoms with E-state index in [9.17, 15) is 4.79 Å². The quantitative estimate of drug-likeness (QED) is 0.640. The van der Waals surface area contributed by atoms with Gasteiger partial charge in [-0.25, -0.2) is 0 Å². The Morgan fingerprint density at radius 3 is 2.11 bits per heavy atom. The van der Waals surface area contributed by atoms with E-state index >= 15 is 0 Å². The van der Waals surface area contributed by atoms with Crippen LogP contribution in [-0.2, 0) is 4.79 Å². The molecule has 3 N–H and O–H groups in total. The zero-order valence-corrected chi connectivity index (χ0v) is 13.1. The van der Waals surface area contributed by atoms with E-state index in [1.807, 2.05) is 18.7 Å². The number of hydrogen-bond acceptors (Lipinski definition) is 3. The predicted molar refractivity (Wildman–Crippen MR) is 79.9 cm³/mol. The predicted octanol–water partition coefficient (Wildman–Crippen LogP) is 2.15. The lowest BCUT2D eigenvalue weighted by Crippen LogP contribution is -2.51. The van der Waals surface area contributed by atoms with Crippen LogP contribution in [0.5, 0.6) is 0 Å². The molecule has 114 valence electrons. The summed E-state index contributed by atoms with van der Waals surface area (Å²) in [6.07, 6.45) is 4.25. The highest BCUT2D eigenvalue weighted by molar-refractivity contribution is 5.83. The van der Waals surface area contributed by atoms with Gasteiger partial charge in [-0.3, -0.25) is 4.79 Å². The van der Waals surface area contributed by atoms with Crippen molar-refractivity contribution in [1.29, 1.82) is 0 Å². The molecule has 0 aromatic carbocycles. The van der Waals surface area contributed by atoms with Crippen molar-refractivity contribution < 1.29 is 9.90 Å². The Morgan fingerprint density at radius 2 is 1.79 bits per heavy atom. The summed E-state index contributed by atoms with van der Waals surface area (Å²) in [6.45, 7) is 9.39. The highest BCUT2D eigenvalue weighted by Gasteiger charge is 2.38. The van der Waals surface area contributed by atoms with Crippen LogP contribution in [0.3, 0.4) is 0 Å². The minimum absolute atomic E-state index is 0.119. The van der Waals surface area contributed by atoms with Gasteiger partial charge in [-0.15, -0.1) is 0 Å². The molecule has 0 saturated heterocycles. The Morgan fingerprint density at radius 1 is 1.26 bits per heavy atom. The number of nitrogens with zero attached hydrogens (tertiary/aromatic N) is 1. The van der Waals surface area contributed by atoms with Crippen LogP contribution >= 0.6 is 0 Å². The van der Waals surface area contributed by atoms with Crippen molar-refractivity contribution in [2.24, 2.45) is 11.1 Å². The molecule has 0 aliphatic carbocycles. The second kappa shape index (κ2) is 9.32. The molecule has 0 heterocycles. The van der Waals surface area contributed by atoms with Gasteiger partial charge in [0.2, 0.25) is 5.91 Å². The summed E-state index contributed by atoms with van der Waals surface area (Å²) in [6, 6.07) is 0.152. The van der Waals surface area contributed by atoms with E-state index in [4.69, 9.17) is 10.8 Å². The number of nitrogens with two attached hydrogens (primary N) is 1. The third kappa shape index (κ3) is 5.11. The third-order valence-electron chi connectivity index (χ3n) is 3.74. The molecule has 0 atom stereocenters. The number of amides is 1. The van der Waals surface area contributed by atoms with Crippen molar-refractivity contribution in [2.75, 3.05) is 19.7 Å². The van der Waals surface area contributed by atoms with Gasteiger partial charge in [0.05, 0.1) is 5.41 Å². The fraction of sp³-hybridized carbons (Fsp3) is 0.933. The van der Waals surface area contributed by atoms with Gasteiger partial charge in [0.1, 0.15) is 0 Å². The molecule has 0 unspecified atom stereocenters. The number of carbonyl (C=O) groups excluding carboxylic acids is 1. The Hall–Kier alpha value is -0.610. The van der Waals surface area contributed by atoms with Crippen molar-refractivity contribution in [1.82, 2.24) is 4.90 Å². The first-order valence-corrected chi connectivity index (χ1v) is 7.61. The molecule has 0 saturated carbocycles. The number of aliphatic hydroxyl groups excluding tert-OH is 1. The van der Waals surface area contributed by atoms with Crippen LogP contribution < -0.4 is 5.73 Å². The summed E-state index contributed by atoms with van der Waals surface area (Å²) in [7, 11) is 0. The molecule has 0 fully saturated rings. The molecule has 0 aromatic heterocycles. The van der Waals surface area contributed by atoms with Crippen LogP contribution in [0.15, 0.2) is 0 Å². The molecule has 0 rings (SSSR count). The number of rotatable bonds is 10. The maximum atomic E-state index is 12.9. The highest BCUT2D eigenvalue weighted by atomic mass is 16.3. The van der Waals surface area contributed by atoms with Gasteiger partial charge in [0.25, 0.3) is 0 Å². The van der Waals surface area contributed by atoms with Gasteiger partial charge < -0.3 is 15.7 Å². The van der Waals surface area contributed by atoms with Gasteiger partial charge in [-0.1, -0.05) is 26.7 Å². The topological polar surface area (TPSA) is 66.6 Å². The van der Waals surface area contributed by atoms with Gasteiger partial charge in [-0.05, 0) is 33.1 Å². The first-order valence-electron chi connectivity index (χ1n) is 7.61. The molecule has 1 amide bonds. The largest absolute Gasteiger partial charge is 0.396 e. The summed E-state index contributed by atoms with van der Waals surface area (Å²) >= 11 is 0. The van der Waals surface area contributed by atoms with Crippen LogP contribution in [0.2, 0.25) is 0 Å². The Bertz CT molecular complexity index is 249. The average molecular weight is 272 g/mol.